The van der Waals surface area contributed by atoms with Crippen molar-refractivity contribution in [3.8, 4) is 0 Å². The van der Waals surface area contributed by atoms with E-state index in [0.29, 0.717) is 0 Å². The first-order valence-corrected chi connectivity index (χ1v) is 7.08. The van der Waals surface area contributed by atoms with Crippen LogP contribution in [-0.2, 0) is 0 Å². The van der Waals surface area contributed by atoms with Crippen molar-refractivity contribution in [2.45, 2.75) is 13.0 Å². The van der Waals surface area contributed by atoms with Gasteiger partial charge in [-0.3, -0.25) is 0 Å². The zero-order chi connectivity index (χ0) is 14.8. The molecule has 0 radical (unpaired) electrons. The second kappa shape index (κ2) is 5.61. The van der Waals surface area contributed by atoms with Gasteiger partial charge in [0, 0.05) is 24.5 Å². The molecule has 2 aromatic heterocycles. The van der Waals surface area contributed by atoms with Crippen molar-refractivity contribution in [3.05, 3.63) is 53.4 Å². The van der Waals surface area contributed by atoms with Crippen LogP contribution in [-0.4, -0.2) is 21.4 Å². The fourth-order valence-corrected chi connectivity index (χ4v) is 2.31. The van der Waals surface area contributed by atoms with Crippen LogP contribution in [0.2, 0.25) is 5.02 Å². The van der Waals surface area contributed by atoms with Gasteiger partial charge in [0.15, 0.2) is 11.5 Å². The average Bonchev–Trinajstić information content (AvgIpc) is 2.96. The molecule has 108 valence electrons. The van der Waals surface area contributed by atoms with E-state index in [9.17, 15) is 0 Å². The largest absolute Gasteiger partial charge is 0.372 e. The number of aromatic nitrogens is 3. The number of imidazole rings is 1. The maximum absolute atomic E-state index is 5.93. The molecule has 0 aliphatic heterocycles. The van der Waals surface area contributed by atoms with E-state index in [4.69, 9.17) is 11.6 Å². The summed E-state index contributed by atoms with van der Waals surface area (Å²) in [4.78, 5) is 8.89. The van der Waals surface area contributed by atoms with E-state index in [1.54, 1.807) is 6.20 Å². The Balaban J connectivity index is 1.93. The van der Waals surface area contributed by atoms with Crippen LogP contribution in [0.25, 0.3) is 5.65 Å². The molecule has 1 unspecified atom stereocenters. The van der Waals surface area contributed by atoms with Crippen LogP contribution in [0.15, 0.2) is 42.9 Å². The lowest BCUT2D eigenvalue weighted by Gasteiger charge is -2.16. The number of rotatable bonds is 4. The maximum Gasteiger partial charge on any atom is 0.180 e. The molecule has 3 aromatic rings. The summed E-state index contributed by atoms with van der Waals surface area (Å²) >= 11 is 5.93. The van der Waals surface area contributed by atoms with Gasteiger partial charge >= 0.3 is 0 Å². The lowest BCUT2D eigenvalue weighted by atomic mass is 10.1. The van der Waals surface area contributed by atoms with Gasteiger partial charge in [-0.2, -0.15) is 0 Å². The number of halogens is 1. The number of hydrogen-bond donors (Lipinski definition) is 2. The quantitative estimate of drug-likeness (QED) is 0.773. The normalized spacial score (nSPS) is 12.3. The molecule has 6 heteroatoms. The van der Waals surface area contributed by atoms with E-state index in [-0.39, 0.29) is 6.04 Å². The smallest absolute Gasteiger partial charge is 0.180 e. The van der Waals surface area contributed by atoms with Crippen LogP contribution in [0.1, 0.15) is 18.5 Å². The van der Waals surface area contributed by atoms with Crippen LogP contribution in [0.3, 0.4) is 0 Å². The molecule has 0 aliphatic rings. The van der Waals surface area contributed by atoms with Crippen molar-refractivity contribution in [3.63, 3.8) is 0 Å². The Morgan fingerprint density at radius 1 is 1.24 bits per heavy atom. The van der Waals surface area contributed by atoms with E-state index in [0.717, 1.165) is 27.9 Å². The summed E-state index contributed by atoms with van der Waals surface area (Å²) in [5.74, 6) is 1.53. The Kier molecular flexibility index (Phi) is 3.66. The summed E-state index contributed by atoms with van der Waals surface area (Å²) in [6.07, 6.45) is 5.56. The molecule has 21 heavy (non-hydrogen) atoms. The van der Waals surface area contributed by atoms with Crippen LogP contribution in [0.4, 0.5) is 11.6 Å². The van der Waals surface area contributed by atoms with Gasteiger partial charge in [-0.05, 0) is 24.6 Å². The van der Waals surface area contributed by atoms with E-state index in [1.165, 1.54) is 0 Å². The SMILES string of the molecule is CNc1cn2ccnc2c(NC(C)c2ccc(Cl)cc2)n1. The highest BCUT2D eigenvalue weighted by atomic mass is 35.5. The van der Waals surface area contributed by atoms with Crippen molar-refractivity contribution >= 4 is 28.9 Å². The van der Waals surface area contributed by atoms with Gasteiger partial charge in [0.25, 0.3) is 0 Å². The Morgan fingerprint density at radius 3 is 2.71 bits per heavy atom. The zero-order valence-corrected chi connectivity index (χ0v) is 12.6. The third kappa shape index (κ3) is 2.78. The number of benzene rings is 1. The van der Waals surface area contributed by atoms with Gasteiger partial charge in [-0.25, -0.2) is 9.97 Å². The second-order valence-electron chi connectivity index (χ2n) is 4.80. The van der Waals surface area contributed by atoms with Crippen molar-refractivity contribution in [2.24, 2.45) is 0 Å². The Bertz CT molecular complexity index is 750. The summed E-state index contributed by atoms with van der Waals surface area (Å²) in [6, 6.07) is 7.88. The molecule has 0 saturated carbocycles. The lowest BCUT2D eigenvalue weighted by molar-refractivity contribution is 0.873. The molecule has 5 nitrogen and oxygen atoms in total. The van der Waals surface area contributed by atoms with E-state index >= 15 is 0 Å². The predicted molar refractivity (Wildman–Crippen MR) is 86.0 cm³/mol. The summed E-state index contributed by atoms with van der Waals surface area (Å²) < 4.78 is 1.94. The minimum Gasteiger partial charge on any atom is -0.372 e. The summed E-state index contributed by atoms with van der Waals surface area (Å²) in [5, 5.41) is 7.19. The molecule has 0 aliphatic carbocycles. The fourth-order valence-electron chi connectivity index (χ4n) is 2.19. The molecular weight excluding hydrogens is 286 g/mol. The number of anilines is 2. The Hall–Kier alpha value is -2.27. The highest BCUT2D eigenvalue weighted by Gasteiger charge is 2.11. The van der Waals surface area contributed by atoms with Gasteiger partial charge in [0.2, 0.25) is 0 Å². The Morgan fingerprint density at radius 2 is 2.00 bits per heavy atom. The maximum atomic E-state index is 5.93. The lowest BCUT2D eigenvalue weighted by Crippen LogP contribution is -2.10. The monoisotopic (exact) mass is 301 g/mol. The molecular formula is C15H16ClN5. The third-order valence-electron chi connectivity index (χ3n) is 3.35. The molecule has 0 fully saturated rings. The topological polar surface area (TPSA) is 54.2 Å². The first-order chi connectivity index (χ1) is 10.2. The molecule has 1 aromatic carbocycles. The summed E-state index contributed by atoms with van der Waals surface area (Å²) in [7, 11) is 1.84. The van der Waals surface area contributed by atoms with Crippen LogP contribution >= 0.6 is 11.6 Å². The highest BCUT2D eigenvalue weighted by molar-refractivity contribution is 6.30. The molecule has 2 N–H and O–H groups in total. The molecule has 1 atom stereocenters. The summed E-state index contributed by atoms with van der Waals surface area (Å²) in [5.41, 5.74) is 1.94. The fraction of sp³-hybridized carbons (Fsp3) is 0.200. The van der Waals surface area contributed by atoms with Crippen molar-refractivity contribution < 1.29 is 0 Å². The minimum absolute atomic E-state index is 0.0994. The van der Waals surface area contributed by atoms with E-state index in [2.05, 4.69) is 27.5 Å². The van der Waals surface area contributed by atoms with Crippen molar-refractivity contribution in [2.75, 3.05) is 17.7 Å². The molecule has 0 saturated heterocycles. The third-order valence-corrected chi connectivity index (χ3v) is 3.61. The zero-order valence-electron chi connectivity index (χ0n) is 11.8. The standard InChI is InChI=1S/C15H16ClN5/c1-10(11-3-5-12(16)6-4-11)19-14-15-18-7-8-21(15)9-13(17-2)20-14/h3-10,17H,1-2H3,(H,19,20). The molecule has 3 rings (SSSR count). The number of fused-ring (bicyclic) bond motifs is 1. The minimum atomic E-state index is 0.0994. The second-order valence-corrected chi connectivity index (χ2v) is 5.24. The van der Waals surface area contributed by atoms with Crippen molar-refractivity contribution in [1.29, 1.82) is 0 Å². The van der Waals surface area contributed by atoms with Gasteiger partial charge in [0.1, 0.15) is 5.82 Å². The van der Waals surface area contributed by atoms with Crippen LogP contribution in [0.5, 0.6) is 0 Å². The Labute approximate surface area is 128 Å². The van der Waals surface area contributed by atoms with Gasteiger partial charge in [-0.15, -0.1) is 0 Å². The van der Waals surface area contributed by atoms with Crippen LogP contribution in [0, 0.1) is 0 Å². The highest BCUT2D eigenvalue weighted by Crippen LogP contribution is 2.23. The number of nitrogens with one attached hydrogen (secondary N) is 2. The van der Waals surface area contributed by atoms with Crippen LogP contribution < -0.4 is 10.6 Å². The average molecular weight is 302 g/mol. The van der Waals surface area contributed by atoms with Gasteiger partial charge < -0.3 is 15.0 Å². The van der Waals surface area contributed by atoms with Crippen molar-refractivity contribution in [1.82, 2.24) is 14.4 Å². The van der Waals surface area contributed by atoms with Gasteiger partial charge in [0.05, 0.1) is 12.2 Å². The predicted octanol–water partition coefficient (Wildman–Crippen LogP) is 3.60. The first-order valence-electron chi connectivity index (χ1n) is 6.71. The molecule has 0 amide bonds. The molecule has 0 bridgehead atoms. The molecule has 0 spiro atoms. The first kappa shape index (κ1) is 13.7. The number of hydrogen-bond acceptors (Lipinski definition) is 4. The number of nitrogens with zero attached hydrogens (tertiary/aromatic N) is 3. The summed E-state index contributed by atoms with van der Waals surface area (Å²) in [6.45, 7) is 2.08. The molecule has 2 heterocycles. The van der Waals surface area contributed by atoms with E-state index in [1.807, 2.05) is 48.1 Å². The van der Waals surface area contributed by atoms with Gasteiger partial charge in [-0.1, -0.05) is 23.7 Å². The van der Waals surface area contributed by atoms with E-state index < -0.39 is 0 Å².